The molecule has 0 saturated carbocycles. The lowest BCUT2D eigenvalue weighted by Crippen LogP contribution is -2.16. The maximum atomic E-state index is 15.8. The van der Waals surface area contributed by atoms with Crippen molar-refractivity contribution in [1.29, 1.82) is 21.0 Å². The number of rotatable bonds is 4. The Morgan fingerprint density at radius 2 is 0.719 bits per heavy atom. The van der Waals surface area contributed by atoms with Gasteiger partial charge in [-0.15, -0.1) is 56.7 Å². The van der Waals surface area contributed by atoms with E-state index in [2.05, 4.69) is 19.4 Å². The molecule has 2 aliphatic carbocycles. The van der Waals surface area contributed by atoms with Gasteiger partial charge < -0.3 is 0 Å². The second-order valence-corrected chi connectivity index (χ2v) is 17.2. The largest absolute Gasteiger partial charge is 0.284 e. The molecule has 0 radical (unpaired) electrons. The first-order chi connectivity index (χ1) is 27.3. The summed E-state index contributed by atoms with van der Waals surface area (Å²) in [5.41, 5.74) is -5.75. The summed E-state index contributed by atoms with van der Waals surface area (Å²) < 4.78 is 63.2. The molecule has 0 saturated heterocycles. The van der Waals surface area contributed by atoms with Gasteiger partial charge >= 0.3 is 0 Å². The SMILES string of the molecule is [C-]#[N+]/C(C#N)=C1/c2c(sc(-c3ccc(-c4ccc(-c5ccc(-c6sc7c(c6C)/C(=C(/C#N)[N+]#[C-])C(F)(F)/C7=C(\C#N)[N+]#[C-])s5)s4)s3)c2C)/C(=C(\C#N)[N+]#[C-])C1(F)F. The van der Waals surface area contributed by atoms with Crippen LogP contribution < -0.4 is 0 Å². The van der Waals surface area contributed by atoms with Crippen molar-refractivity contribution in [2.75, 3.05) is 0 Å². The lowest BCUT2D eigenvalue weighted by molar-refractivity contribution is 0.137. The number of nitrogens with zero attached hydrogens (tertiary/aromatic N) is 8. The number of nitriles is 4. The molecule has 57 heavy (non-hydrogen) atoms. The molecule has 8 nitrogen and oxygen atoms in total. The van der Waals surface area contributed by atoms with Crippen molar-refractivity contribution in [1.82, 2.24) is 0 Å². The van der Waals surface area contributed by atoms with Gasteiger partial charge in [-0.3, -0.25) is 0 Å². The van der Waals surface area contributed by atoms with Gasteiger partial charge in [-0.2, -0.15) is 17.6 Å². The zero-order valence-electron chi connectivity index (χ0n) is 28.6. The first-order valence-electron chi connectivity index (χ1n) is 15.7. The maximum absolute atomic E-state index is 15.8. The normalized spacial score (nSPS) is 17.9. The van der Waals surface area contributed by atoms with Gasteiger partial charge in [0.2, 0.25) is 0 Å². The van der Waals surface area contributed by atoms with E-state index in [1.165, 1.54) is 34.0 Å². The average molecular weight is 841 g/mol. The van der Waals surface area contributed by atoms with Crippen LogP contribution in [-0.2, 0) is 0 Å². The minimum Gasteiger partial charge on any atom is -0.226 e. The summed E-state index contributed by atoms with van der Waals surface area (Å²) in [7, 11) is 0. The molecule has 5 aromatic heterocycles. The van der Waals surface area contributed by atoms with E-state index in [1.807, 2.05) is 36.4 Å². The summed E-state index contributed by atoms with van der Waals surface area (Å²) in [4.78, 5) is 18.2. The van der Waals surface area contributed by atoms with Crippen molar-refractivity contribution in [2.45, 2.75) is 25.7 Å². The number of hydrogen-bond donors (Lipinski definition) is 0. The minimum absolute atomic E-state index is 0.0194. The topological polar surface area (TPSA) is 113 Å². The van der Waals surface area contributed by atoms with Crippen molar-refractivity contribution in [3.63, 3.8) is 0 Å². The molecule has 0 fully saturated rings. The number of alkyl halides is 4. The summed E-state index contributed by atoms with van der Waals surface area (Å²) in [5.74, 6) is -7.78. The molecule has 0 unspecified atom stereocenters. The van der Waals surface area contributed by atoms with Crippen molar-refractivity contribution >= 4 is 79.0 Å². The van der Waals surface area contributed by atoms with Crippen LogP contribution in [0.2, 0.25) is 0 Å². The second-order valence-electron chi connectivity index (χ2n) is 11.9. The molecule has 7 rings (SSSR count). The van der Waals surface area contributed by atoms with Gasteiger partial charge in [0, 0.05) is 48.8 Å². The van der Waals surface area contributed by atoms with Crippen molar-refractivity contribution < 1.29 is 17.6 Å². The molecule has 5 heterocycles. The van der Waals surface area contributed by atoms with Gasteiger partial charge in [-0.25, -0.2) is 40.4 Å². The van der Waals surface area contributed by atoms with E-state index in [4.69, 9.17) is 26.3 Å². The first kappa shape index (κ1) is 38.4. The Hall–Kier alpha value is -6.90. The predicted molar refractivity (Wildman–Crippen MR) is 213 cm³/mol. The predicted octanol–water partition coefficient (Wildman–Crippen LogP) is 13.2. The molecule has 270 valence electrons. The Bertz CT molecular complexity index is 2880. The quantitative estimate of drug-likeness (QED) is 0.102. The third-order valence-electron chi connectivity index (χ3n) is 9.07. The van der Waals surface area contributed by atoms with Crippen molar-refractivity contribution in [3.05, 3.63) is 137 Å². The molecule has 2 aliphatic rings. The molecule has 0 N–H and O–H groups in total. The fraction of sp³-hybridized carbons (Fsp3) is 0.100. The Morgan fingerprint density at radius 1 is 0.456 bits per heavy atom. The van der Waals surface area contributed by atoms with Gasteiger partial charge in [-0.1, -0.05) is 0 Å². The molecule has 0 aliphatic heterocycles. The number of halogens is 4. The summed E-state index contributed by atoms with van der Waals surface area (Å²) in [6.07, 6.45) is 0. The fourth-order valence-corrected chi connectivity index (χ4v) is 13.0. The summed E-state index contributed by atoms with van der Waals surface area (Å²) in [6.45, 7) is 32.7. The fourth-order valence-electron chi connectivity index (χ4n) is 6.68. The first-order valence-corrected chi connectivity index (χ1v) is 19.8. The van der Waals surface area contributed by atoms with Crippen LogP contribution in [0.3, 0.4) is 0 Å². The smallest absolute Gasteiger partial charge is 0.226 e. The van der Waals surface area contributed by atoms with Crippen LogP contribution >= 0.6 is 56.7 Å². The van der Waals surface area contributed by atoms with Gasteiger partial charge in [0.15, 0.2) is 0 Å². The zero-order valence-corrected chi connectivity index (χ0v) is 32.7. The standard InChI is InChI=1S/C40H12F4N8S5/c1-17-29-31(19(13-45)49-3)39(41,42)33(21(15-47)51-5)37(29)56-35(17)27-11-9-25(54-27)23-7-8-24(53-23)26-10-12-28(55-26)36-18(2)30-32(20(14-46)50-4)40(43,44)34(38(30)57-36)22(16-48)52-6/h7-12H,1-2H3/b31-19-,32-20+,33-21-,34-22+. The van der Waals surface area contributed by atoms with E-state index in [0.717, 1.165) is 42.2 Å². The molecule has 17 heteroatoms. The highest BCUT2D eigenvalue weighted by Crippen LogP contribution is 2.62. The van der Waals surface area contributed by atoms with Crippen LogP contribution in [0.25, 0.3) is 80.7 Å². The Balaban J connectivity index is 1.26. The van der Waals surface area contributed by atoms with Crippen LogP contribution in [0.1, 0.15) is 32.0 Å². The minimum atomic E-state index is -3.89. The van der Waals surface area contributed by atoms with E-state index in [0.29, 0.717) is 30.6 Å². The van der Waals surface area contributed by atoms with E-state index in [9.17, 15) is 21.0 Å². The third kappa shape index (κ3) is 5.55. The maximum Gasteiger partial charge on any atom is 0.284 e. The monoisotopic (exact) mass is 840 g/mol. The van der Waals surface area contributed by atoms with Crippen LogP contribution in [0.15, 0.2) is 59.2 Å². The number of thiophene rings is 5. The second kappa shape index (κ2) is 14.0. The van der Waals surface area contributed by atoms with Gasteiger partial charge in [0.1, 0.15) is 0 Å². The molecule has 0 amide bonds. The lowest BCUT2D eigenvalue weighted by Gasteiger charge is -2.16. The van der Waals surface area contributed by atoms with Crippen LogP contribution in [0, 0.1) is 85.5 Å². The van der Waals surface area contributed by atoms with Crippen LogP contribution in [0.4, 0.5) is 17.6 Å². The van der Waals surface area contributed by atoms with E-state index in [1.54, 1.807) is 38.1 Å². The molecule has 0 atom stereocenters. The van der Waals surface area contributed by atoms with Gasteiger partial charge in [0.25, 0.3) is 34.6 Å². The van der Waals surface area contributed by atoms with Gasteiger partial charge in [0.05, 0.1) is 72.9 Å². The number of hydrogen-bond acceptors (Lipinski definition) is 9. The van der Waals surface area contributed by atoms with E-state index < -0.39 is 56.9 Å². The van der Waals surface area contributed by atoms with Gasteiger partial charge in [-0.05, 0) is 72.5 Å². The lowest BCUT2D eigenvalue weighted by atomic mass is 10.0. The molecule has 0 spiro atoms. The third-order valence-corrected chi connectivity index (χ3v) is 15.7. The molecular weight excluding hydrogens is 829 g/mol. The molecule has 5 aromatic rings. The Labute approximate surface area is 341 Å². The number of allylic oxidation sites excluding steroid dienone is 8. The van der Waals surface area contributed by atoms with Crippen molar-refractivity contribution in [2.24, 2.45) is 0 Å². The zero-order chi connectivity index (χ0) is 41.1. The average Bonchev–Trinajstić information content (AvgIpc) is 4.06. The number of fused-ring (bicyclic) bond motifs is 2. The highest BCUT2D eigenvalue weighted by atomic mass is 32.1. The van der Waals surface area contributed by atoms with Crippen LogP contribution in [0.5, 0.6) is 0 Å². The molecular formula is C40H12F4N8S5. The van der Waals surface area contributed by atoms with E-state index in [-0.39, 0.29) is 20.9 Å². The summed E-state index contributed by atoms with van der Waals surface area (Å²) in [6, 6.07) is 17.4. The van der Waals surface area contributed by atoms with Crippen LogP contribution in [-0.4, -0.2) is 11.8 Å². The molecule has 0 bridgehead atoms. The highest BCUT2D eigenvalue weighted by Gasteiger charge is 2.54. The Morgan fingerprint density at radius 3 is 1.00 bits per heavy atom. The summed E-state index contributed by atoms with van der Waals surface area (Å²) >= 11 is 6.19. The summed E-state index contributed by atoms with van der Waals surface area (Å²) in [5, 5.41) is 38.2. The Kier molecular flexibility index (Phi) is 9.42. The highest BCUT2D eigenvalue weighted by molar-refractivity contribution is 7.30. The van der Waals surface area contributed by atoms with Crippen molar-refractivity contribution in [3.8, 4) is 63.3 Å². The van der Waals surface area contributed by atoms with E-state index >= 15 is 17.6 Å². The molecule has 0 aromatic carbocycles.